The van der Waals surface area contributed by atoms with Crippen molar-refractivity contribution in [3.63, 3.8) is 0 Å². The van der Waals surface area contributed by atoms with Gasteiger partial charge in [0.2, 0.25) is 0 Å². The average Bonchev–Trinajstić information content (AvgIpc) is 3.06. The van der Waals surface area contributed by atoms with E-state index in [-0.39, 0.29) is 32.0 Å². The van der Waals surface area contributed by atoms with Gasteiger partial charge in [0, 0.05) is 12.8 Å². The van der Waals surface area contributed by atoms with Gasteiger partial charge >= 0.3 is 19.8 Å². The molecule has 0 saturated carbocycles. The molecule has 0 aromatic heterocycles. The largest absolute Gasteiger partial charge is 0.472 e. The van der Waals surface area contributed by atoms with Crippen molar-refractivity contribution < 1.29 is 42.1 Å². The van der Waals surface area contributed by atoms with Crippen molar-refractivity contribution in [2.75, 3.05) is 47.5 Å². The zero-order chi connectivity index (χ0) is 37.2. The van der Waals surface area contributed by atoms with Crippen LogP contribution in [0.2, 0.25) is 0 Å². The molecule has 0 heterocycles. The lowest BCUT2D eigenvalue weighted by Crippen LogP contribution is -2.37. The summed E-state index contributed by atoms with van der Waals surface area (Å²) in [6.45, 7) is 4.31. The van der Waals surface area contributed by atoms with E-state index in [0.29, 0.717) is 17.4 Å². The number of hydrogen-bond donors (Lipinski definition) is 1. The summed E-state index contributed by atoms with van der Waals surface area (Å²) in [6.07, 6.45) is 34.7. The maximum absolute atomic E-state index is 12.6. The van der Waals surface area contributed by atoms with Crippen molar-refractivity contribution >= 4 is 19.8 Å². The van der Waals surface area contributed by atoms with Crippen molar-refractivity contribution in [3.05, 3.63) is 36.5 Å². The minimum Gasteiger partial charge on any atom is -0.462 e. The van der Waals surface area contributed by atoms with Gasteiger partial charge in [-0.1, -0.05) is 115 Å². The molecule has 9 nitrogen and oxygen atoms in total. The Bertz CT molecular complexity index is 959. The fourth-order valence-corrected chi connectivity index (χ4v) is 5.71. The molecule has 0 aliphatic rings. The van der Waals surface area contributed by atoms with Crippen molar-refractivity contribution in [2.45, 2.75) is 161 Å². The molecule has 0 fully saturated rings. The van der Waals surface area contributed by atoms with Gasteiger partial charge in [-0.3, -0.25) is 18.6 Å². The molecule has 0 aromatic rings. The Kier molecular flexibility index (Phi) is 31.9. The summed E-state index contributed by atoms with van der Waals surface area (Å²) in [5.41, 5.74) is 0. The van der Waals surface area contributed by atoms with Gasteiger partial charge in [0.05, 0.1) is 27.7 Å². The molecule has 0 amide bonds. The second-order valence-electron chi connectivity index (χ2n) is 14.3. The van der Waals surface area contributed by atoms with Crippen molar-refractivity contribution in [2.24, 2.45) is 0 Å². The van der Waals surface area contributed by atoms with Gasteiger partial charge in [-0.15, -0.1) is 0 Å². The van der Waals surface area contributed by atoms with E-state index in [2.05, 4.69) is 50.3 Å². The van der Waals surface area contributed by atoms with Crippen LogP contribution in [0.25, 0.3) is 0 Å². The van der Waals surface area contributed by atoms with Crippen LogP contribution in [0.3, 0.4) is 0 Å². The molecule has 0 aliphatic heterocycles. The van der Waals surface area contributed by atoms with Gasteiger partial charge < -0.3 is 18.9 Å². The van der Waals surface area contributed by atoms with Gasteiger partial charge in [-0.2, -0.15) is 0 Å². The van der Waals surface area contributed by atoms with Gasteiger partial charge in [-0.25, -0.2) is 4.57 Å². The predicted octanol–water partition coefficient (Wildman–Crippen LogP) is 10.6. The molecule has 2 atom stereocenters. The Morgan fingerprint density at radius 2 is 1.10 bits per heavy atom. The van der Waals surface area contributed by atoms with Crippen molar-refractivity contribution in [1.29, 1.82) is 0 Å². The third-order valence-electron chi connectivity index (χ3n) is 8.14. The molecule has 1 unspecified atom stereocenters. The van der Waals surface area contributed by atoms with Crippen LogP contribution in [0.1, 0.15) is 155 Å². The number of carbonyl (C=O) groups excluding carboxylic acids is 2. The molecule has 50 heavy (non-hydrogen) atoms. The van der Waals surface area contributed by atoms with Crippen LogP contribution in [0, 0.1) is 0 Å². The van der Waals surface area contributed by atoms with Crippen LogP contribution >= 0.6 is 7.82 Å². The maximum atomic E-state index is 12.6. The summed E-state index contributed by atoms with van der Waals surface area (Å²) >= 11 is 0. The molecule has 1 N–H and O–H groups in total. The normalized spacial score (nSPS) is 14.1. The Morgan fingerprint density at radius 3 is 1.66 bits per heavy atom. The summed E-state index contributed by atoms with van der Waals surface area (Å²) in [4.78, 5) is 35.2. The topological polar surface area (TPSA) is 108 Å². The van der Waals surface area contributed by atoms with E-state index in [1.807, 2.05) is 21.1 Å². The van der Waals surface area contributed by atoms with Crippen molar-refractivity contribution in [3.8, 4) is 0 Å². The van der Waals surface area contributed by atoms with Crippen LogP contribution in [-0.2, 0) is 32.7 Å². The highest BCUT2D eigenvalue weighted by molar-refractivity contribution is 7.47. The van der Waals surface area contributed by atoms with E-state index < -0.39 is 26.5 Å². The Labute approximate surface area is 306 Å². The van der Waals surface area contributed by atoms with E-state index in [4.69, 9.17) is 18.5 Å². The summed E-state index contributed by atoms with van der Waals surface area (Å²) in [5, 5.41) is 0. The first-order valence-electron chi connectivity index (χ1n) is 19.7. The number of ether oxygens (including phenoxy) is 2. The highest BCUT2D eigenvalue weighted by atomic mass is 31.2. The quantitative estimate of drug-likeness (QED) is 0.0226. The summed E-state index contributed by atoms with van der Waals surface area (Å²) in [7, 11) is 1.46. The highest BCUT2D eigenvalue weighted by Crippen LogP contribution is 2.43. The molecular formula is C40H75NO8P+. The molecule has 292 valence electrons. The van der Waals surface area contributed by atoms with Crippen LogP contribution in [0.15, 0.2) is 36.5 Å². The van der Waals surface area contributed by atoms with Crippen LogP contribution in [0.4, 0.5) is 0 Å². The minimum atomic E-state index is -4.37. The number of allylic oxidation sites excluding steroid dienone is 6. The zero-order valence-corrected chi connectivity index (χ0v) is 33.5. The van der Waals surface area contributed by atoms with Gasteiger partial charge in [0.25, 0.3) is 0 Å². The minimum absolute atomic E-state index is 0.0272. The fraction of sp³-hybridized carbons (Fsp3) is 0.800. The molecule has 0 aromatic carbocycles. The lowest BCUT2D eigenvalue weighted by atomic mass is 10.1. The number of hydrogen-bond acceptors (Lipinski definition) is 7. The molecule has 0 bridgehead atoms. The van der Waals surface area contributed by atoms with E-state index >= 15 is 0 Å². The highest BCUT2D eigenvalue weighted by Gasteiger charge is 2.27. The molecule has 0 spiro atoms. The molecular weight excluding hydrogens is 653 g/mol. The second-order valence-corrected chi connectivity index (χ2v) is 15.8. The van der Waals surface area contributed by atoms with E-state index in [0.717, 1.165) is 83.5 Å². The number of esters is 2. The SMILES string of the molecule is CCCC/C=C/C/C=C/CCCCCCCC(=O)OC[C@H](COP(=O)(O)OCC[N+](C)(C)C)OC(=O)CCCCCCC/C=C/CCCCC. The molecule has 0 aliphatic carbocycles. The third kappa shape index (κ3) is 36.0. The van der Waals surface area contributed by atoms with Gasteiger partial charge in [0.1, 0.15) is 19.8 Å². The number of rotatable bonds is 35. The summed E-state index contributed by atoms with van der Waals surface area (Å²) in [6, 6.07) is 0. The third-order valence-corrected chi connectivity index (χ3v) is 9.13. The lowest BCUT2D eigenvalue weighted by molar-refractivity contribution is -0.870. The van der Waals surface area contributed by atoms with Crippen LogP contribution in [-0.4, -0.2) is 74.9 Å². The Balaban J connectivity index is 4.46. The van der Waals surface area contributed by atoms with Crippen LogP contribution in [0.5, 0.6) is 0 Å². The maximum Gasteiger partial charge on any atom is 0.472 e. The number of unbranched alkanes of at least 4 members (excludes halogenated alkanes) is 15. The van der Waals surface area contributed by atoms with Gasteiger partial charge in [-0.05, 0) is 64.2 Å². The fourth-order valence-electron chi connectivity index (χ4n) is 4.96. The standard InChI is InChI=1S/C40H74NO8P/c1-6-8-10-12-14-16-18-20-21-23-24-26-28-30-32-39(42)46-36-38(37-48-50(44,45)47-35-34-41(3,4)5)49-40(43)33-31-29-27-25-22-19-17-15-13-11-9-7-2/h12,14-15,17-18,20,38H,6-11,13,16,19,21-37H2,1-5H3/p+1/b14-12+,17-15+,20-18+/t38-/m1/s1. The number of carbonyl (C=O) groups is 2. The first-order chi connectivity index (χ1) is 24.0. The number of phosphoric acid groups is 1. The molecule has 0 saturated heterocycles. The van der Waals surface area contributed by atoms with Crippen molar-refractivity contribution in [1.82, 2.24) is 0 Å². The Morgan fingerprint density at radius 1 is 0.620 bits per heavy atom. The van der Waals surface area contributed by atoms with E-state index in [9.17, 15) is 19.0 Å². The second kappa shape index (κ2) is 33.1. The first-order valence-corrected chi connectivity index (χ1v) is 21.2. The summed E-state index contributed by atoms with van der Waals surface area (Å²) in [5.74, 6) is -0.829. The summed E-state index contributed by atoms with van der Waals surface area (Å²) < 4.78 is 34.1. The molecule has 10 heteroatoms. The van der Waals surface area contributed by atoms with Crippen LogP contribution < -0.4 is 0 Å². The smallest absolute Gasteiger partial charge is 0.462 e. The Hall–Kier alpha value is -1.77. The molecule has 0 rings (SSSR count). The lowest BCUT2D eigenvalue weighted by Gasteiger charge is -2.24. The number of quaternary nitrogens is 1. The zero-order valence-electron chi connectivity index (χ0n) is 32.6. The number of phosphoric ester groups is 1. The van der Waals surface area contributed by atoms with E-state index in [1.54, 1.807) is 0 Å². The predicted molar refractivity (Wildman–Crippen MR) is 206 cm³/mol. The average molecular weight is 729 g/mol. The molecule has 0 radical (unpaired) electrons. The van der Waals surface area contributed by atoms with E-state index in [1.165, 1.54) is 38.5 Å². The first kappa shape index (κ1) is 48.2. The number of nitrogens with zero attached hydrogens (tertiary/aromatic N) is 1. The number of likely N-dealkylation sites (N-methyl/N-ethyl adjacent to an activating group) is 1. The van der Waals surface area contributed by atoms with Gasteiger partial charge in [0.15, 0.2) is 6.10 Å². The monoisotopic (exact) mass is 729 g/mol.